The van der Waals surface area contributed by atoms with Gasteiger partial charge in [-0.1, -0.05) is 24.4 Å². The first kappa shape index (κ1) is 14.7. The van der Waals surface area contributed by atoms with Gasteiger partial charge in [-0.2, -0.15) is 0 Å². The normalized spacial score (nSPS) is 16.9. The van der Waals surface area contributed by atoms with Gasteiger partial charge in [0.2, 0.25) is 0 Å². The molecule has 5 nitrogen and oxygen atoms in total. The number of amides is 1. The monoisotopic (exact) mass is 297 g/mol. The van der Waals surface area contributed by atoms with Crippen molar-refractivity contribution in [2.75, 3.05) is 6.54 Å². The fraction of sp³-hybridized carbons (Fsp3) is 0.429. The van der Waals surface area contributed by atoms with Crippen LogP contribution in [0.5, 0.6) is 5.75 Å². The number of carboxylic acid groups (broad SMARTS) is 1. The van der Waals surface area contributed by atoms with E-state index in [0.717, 1.165) is 12.8 Å². The fourth-order valence-electron chi connectivity index (χ4n) is 2.56. The third-order valence-corrected chi connectivity index (χ3v) is 4.04. The predicted octanol–water partition coefficient (Wildman–Crippen LogP) is 2.42. The maximum Gasteiger partial charge on any atom is 0.311 e. The number of phenolic OH excluding ortho intramolecular Hbond substituents is 1. The van der Waals surface area contributed by atoms with Gasteiger partial charge in [0.25, 0.3) is 5.91 Å². The van der Waals surface area contributed by atoms with E-state index in [-0.39, 0.29) is 17.9 Å². The summed E-state index contributed by atoms with van der Waals surface area (Å²) in [5.74, 6) is -1.59. The van der Waals surface area contributed by atoms with Gasteiger partial charge in [-0.05, 0) is 31.0 Å². The lowest BCUT2D eigenvalue weighted by molar-refractivity contribution is -0.148. The van der Waals surface area contributed by atoms with Crippen LogP contribution in [0.3, 0.4) is 0 Å². The molecular formula is C14H16ClNO4. The standard InChI is InChI=1S/C14H16ClNO4/c15-9-3-4-10(11(17)7-9)12(18)16-8-14(13(19)20)5-1-2-6-14/h3-4,7,17H,1-2,5-6,8H2,(H,16,18)(H,19,20). The quantitative estimate of drug-likeness (QED) is 0.796. The molecule has 0 aliphatic heterocycles. The Morgan fingerprint density at radius 3 is 2.50 bits per heavy atom. The summed E-state index contributed by atoms with van der Waals surface area (Å²) in [6.45, 7) is 0.0727. The van der Waals surface area contributed by atoms with Crippen LogP contribution in [0.1, 0.15) is 36.0 Å². The van der Waals surface area contributed by atoms with Crippen molar-refractivity contribution in [1.29, 1.82) is 0 Å². The Kier molecular flexibility index (Phi) is 4.18. The minimum absolute atomic E-state index is 0.0727. The van der Waals surface area contributed by atoms with Crippen molar-refractivity contribution >= 4 is 23.5 Å². The molecule has 1 aromatic carbocycles. The average Bonchev–Trinajstić information content (AvgIpc) is 2.86. The van der Waals surface area contributed by atoms with E-state index in [0.29, 0.717) is 17.9 Å². The van der Waals surface area contributed by atoms with Gasteiger partial charge < -0.3 is 15.5 Å². The number of aromatic hydroxyl groups is 1. The number of rotatable bonds is 4. The highest BCUT2D eigenvalue weighted by atomic mass is 35.5. The van der Waals surface area contributed by atoms with Crippen molar-refractivity contribution in [2.24, 2.45) is 5.41 Å². The maximum atomic E-state index is 12.0. The van der Waals surface area contributed by atoms with E-state index in [9.17, 15) is 19.8 Å². The molecule has 108 valence electrons. The van der Waals surface area contributed by atoms with Crippen LogP contribution < -0.4 is 5.32 Å². The molecule has 0 spiro atoms. The number of carboxylic acids is 1. The predicted molar refractivity (Wildman–Crippen MR) is 74.0 cm³/mol. The molecule has 0 unspecified atom stereocenters. The van der Waals surface area contributed by atoms with E-state index in [4.69, 9.17) is 11.6 Å². The number of benzene rings is 1. The van der Waals surface area contributed by atoms with Crippen molar-refractivity contribution in [3.8, 4) is 5.75 Å². The summed E-state index contributed by atoms with van der Waals surface area (Å²) in [5.41, 5.74) is -0.787. The molecule has 1 fully saturated rings. The van der Waals surface area contributed by atoms with Crippen LogP contribution in [0.4, 0.5) is 0 Å². The van der Waals surface area contributed by atoms with E-state index in [1.165, 1.54) is 18.2 Å². The van der Waals surface area contributed by atoms with Gasteiger partial charge in [0, 0.05) is 11.6 Å². The molecular weight excluding hydrogens is 282 g/mol. The molecule has 0 saturated heterocycles. The molecule has 0 aromatic heterocycles. The molecule has 20 heavy (non-hydrogen) atoms. The Morgan fingerprint density at radius 2 is 1.95 bits per heavy atom. The largest absolute Gasteiger partial charge is 0.507 e. The molecule has 2 rings (SSSR count). The molecule has 0 bridgehead atoms. The minimum Gasteiger partial charge on any atom is -0.507 e. The van der Waals surface area contributed by atoms with E-state index in [1.807, 2.05) is 0 Å². The van der Waals surface area contributed by atoms with Crippen LogP contribution >= 0.6 is 11.6 Å². The number of hydrogen-bond donors (Lipinski definition) is 3. The zero-order valence-corrected chi connectivity index (χ0v) is 11.6. The minimum atomic E-state index is -0.879. The smallest absolute Gasteiger partial charge is 0.311 e. The first-order chi connectivity index (χ1) is 9.44. The number of phenols is 1. The summed E-state index contributed by atoms with van der Waals surface area (Å²) in [5, 5.41) is 21.9. The number of halogens is 1. The molecule has 1 amide bonds. The van der Waals surface area contributed by atoms with Crippen LogP contribution in [0.2, 0.25) is 5.02 Å². The number of aliphatic carboxylic acids is 1. The fourth-order valence-corrected chi connectivity index (χ4v) is 2.73. The van der Waals surface area contributed by atoms with Gasteiger partial charge in [0.1, 0.15) is 5.75 Å². The highest BCUT2D eigenvalue weighted by molar-refractivity contribution is 6.30. The molecule has 1 aliphatic rings. The average molecular weight is 298 g/mol. The molecule has 1 saturated carbocycles. The highest BCUT2D eigenvalue weighted by Gasteiger charge is 2.41. The molecule has 1 aliphatic carbocycles. The number of carbonyl (C=O) groups excluding carboxylic acids is 1. The molecule has 3 N–H and O–H groups in total. The zero-order chi connectivity index (χ0) is 14.8. The third-order valence-electron chi connectivity index (χ3n) is 3.81. The van der Waals surface area contributed by atoms with E-state index in [1.54, 1.807) is 0 Å². The summed E-state index contributed by atoms with van der Waals surface area (Å²) < 4.78 is 0. The van der Waals surface area contributed by atoms with Crippen LogP contribution in [0.15, 0.2) is 18.2 Å². The lowest BCUT2D eigenvalue weighted by Crippen LogP contribution is -2.41. The first-order valence-corrected chi connectivity index (χ1v) is 6.82. The highest BCUT2D eigenvalue weighted by Crippen LogP contribution is 2.37. The van der Waals surface area contributed by atoms with Crippen molar-refractivity contribution < 1.29 is 19.8 Å². The van der Waals surface area contributed by atoms with Gasteiger partial charge in [-0.25, -0.2) is 0 Å². The second kappa shape index (κ2) is 5.71. The second-order valence-corrected chi connectivity index (χ2v) is 5.57. The zero-order valence-electron chi connectivity index (χ0n) is 10.9. The summed E-state index contributed by atoms with van der Waals surface area (Å²) in [7, 11) is 0. The summed E-state index contributed by atoms with van der Waals surface area (Å²) >= 11 is 5.70. The molecule has 0 atom stereocenters. The third kappa shape index (κ3) is 2.88. The summed E-state index contributed by atoms with van der Waals surface area (Å²) in [4.78, 5) is 23.4. The van der Waals surface area contributed by atoms with Crippen LogP contribution in [-0.2, 0) is 4.79 Å². The maximum absolute atomic E-state index is 12.0. The van der Waals surface area contributed by atoms with Gasteiger partial charge in [0.15, 0.2) is 0 Å². The Hall–Kier alpha value is -1.75. The Morgan fingerprint density at radius 1 is 1.30 bits per heavy atom. The Labute approximate surface area is 121 Å². The van der Waals surface area contributed by atoms with Crippen LogP contribution in [-0.4, -0.2) is 28.6 Å². The lowest BCUT2D eigenvalue weighted by atomic mass is 9.86. The van der Waals surface area contributed by atoms with E-state index >= 15 is 0 Å². The molecule has 1 aromatic rings. The van der Waals surface area contributed by atoms with Gasteiger partial charge in [-0.15, -0.1) is 0 Å². The summed E-state index contributed by atoms with van der Waals surface area (Å²) in [6.07, 6.45) is 2.84. The van der Waals surface area contributed by atoms with Gasteiger partial charge >= 0.3 is 5.97 Å². The van der Waals surface area contributed by atoms with Crippen molar-refractivity contribution in [1.82, 2.24) is 5.32 Å². The van der Waals surface area contributed by atoms with Crippen molar-refractivity contribution in [2.45, 2.75) is 25.7 Å². The van der Waals surface area contributed by atoms with E-state index < -0.39 is 17.3 Å². The topological polar surface area (TPSA) is 86.6 Å². The molecule has 0 radical (unpaired) electrons. The Balaban J connectivity index is 2.06. The first-order valence-electron chi connectivity index (χ1n) is 6.45. The van der Waals surface area contributed by atoms with E-state index in [2.05, 4.69) is 5.32 Å². The van der Waals surface area contributed by atoms with Crippen molar-refractivity contribution in [3.05, 3.63) is 28.8 Å². The van der Waals surface area contributed by atoms with Gasteiger partial charge in [-0.3, -0.25) is 9.59 Å². The number of hydrogen-bond acceptors (Lipinski definition) is 3. The van der Waals surface area contributed by atoms with Gasteiger partial charge in [0.05, 0.1) is 11.0 Å². The Bertz CT molecular complexity index is 538. The van der Waals surface area contributed by atoms with Crippen molar-refractivity contribution in [3.63, 3.8) is 0 Å². The SMILES string of the molecule is O=C(NCC1(C(=O)O)CCCC1)c1ccc(Cl)cc1O. The lowest BCUT2D eigenvalue weighted by Gasteiger charge is -2.24. The van der Waals surface area contributed by atoms with Crippen LogP contribution in [0.25, 0.3) is 0 Å². The number of carbonyl (C=O) groups is 2. The number of nitrogens with one attached hydrogen (secondary N) is 1. The van der Waals surface area contributed by atoms with Crippen LogP contribution in [0, 0.1) is 5.41 Å². The second-order valence-electron chi connectivity index (χ2n) is 5.14. The summed E-state index contributed by atoms with van der Waals surface area (Å²) in [6, 6.07) is 4.19. The molecule has 0 heterocycles. The molecule has 6 heteroatoms.